The SMILES string of the molecule is O=C(c1ccc(F)c(F)c1)N1CCN(C(=O)[C@@H]2CCCN2C2=NS(=O)(=O)c3ccccc32)CC1. The number of amides is 2. The van der Waals surface area contributed by atoms with Crippen LogP contribution in [0.25, 0.3) is 0 Å². The van der Waals surface area contributed by atoms with Crippen LogP contribution in [0.4, 0.5) is 8.78 Å². The smallest absolute Gasteiger partial charge is 0.285 e. The van der Waals surface area contributed by atoms with Gasteiger partial charge in [-0.2, -0.15) is 8.42 Å². The number of nitrogens with zero attached hydrogens (tertiary/aromatic N) is 4. The van der Waals surface area contributed by atoms with Gasteiger partial charge in [0, 0.05) is 43.9 Å². The number of carbonyl (C=O) groups excluding carboxylic acids is 2. The first kappa shape index (κ1) is 22.5. The lowest BCUT2D eigenvalue weighted by atomic mass is 10.1. The van der Waals surface area contributed by atoms with Gasteiger partial charge in [0.05, 0.1) is 0 Å². The van der Waals surface area contributed by atoms with Crippen molar-refractivity contribution in [3.8, 4) is 0 Å². The van der Waals surface area contributed by atoms with Crippen LogP contribution in [-0.2, 0) is 14.8 Å². The Bertz CT molecular complexity index is 1310. The highest BCUT2D eigenvalue weighted by Crippen LogP contribution is 2.31. The zero-order valence-electron chi connectivity index (χ0n) is 18.2. The summed E-state index contributed by atoms with van der Waals surface area (Å²) in [6.45, 7) is 1.62. The van der Waals surface area contributed by atoms with Crippen LogP contribution >= 0.6 is 0 Å². The average Bonchev–Trinajstić information content (AvgIpc) is 3.43. The molecule has 0 aliphatic carbocycles. The molecule has 8 nitrogen and oxygen atoms in total. The molecule has 2 fully saturated rings. The third kappa shape index (κ3) is 3.83. The lowest BCUT2D eigenvalue weighted by molar-refractivity contribution is -0.136. The number of hydrogen-bond donors (Lipinski definition) is 0. The second-order valence-electron chi connectivity index (χ2n) is 8.48. The Hall–Kier alpha value is -3.34. The molecule has 3 aliphatic heterocycles. The minimum atomic E-state index is -3.79. The van der Waals surface area contributed by atoms with Gasteiger partial charge in [0.1, 0.15) is 10.9 Å². The highest BCUT2D eigenvalue weighted by atomic mass is 32.2. The summed E-state index contributed by atoms with van der Waals surface area (Å²) >= 11 is 0. The van der Waals surface area contributed by atoms with Gasteiger partial charge in [-0.05, 0) is 43.2 Å². The first-order valence-electron chi connectivity index (χ1n) is 11.0. The zero-order valence-corrected chi connectivity index (χ0v) is 19.0. The maximum Gasteiger partial charge on any atom is 0.285 e. The fraction of sp³-hybridized carbons (Fsp3) is 0.348. The molecule has 0 unspecified atom stereocenters. The fourth-order valence-electron chi connectivity index (χ4n) is 4.73. The third-order valence-corrected chi connectivity index (χ3v) is 7.79. The Morgan fingerprint density at radius 3 is 2.35 bits per heavy atom. The van der Waals surface area contributed by atoms with Crippen LogP contribution < -0.4 is 0 Å². The summed E-state index contributed by atoms with van der Waals surface area (Å²) in [6.07, 6.45) is 1.31. The van der Waals surface area contributed by atoms with Crippen LogP contribution in [0.1, 0.15) is 28.8 Å². The number of rotatable bonds is 2. The first-order valence-corrected chi connectivity index (χ1v) is 12.4. The second kappa shape index (κ2) is 8.46. The van der Waals surface area contributed by atoms with E-state index in [2.05, 4.69) is 4.40 Å². The van der Waals surface area contributed by atoms with Crippen molar-refractivity contribution < 1.29 is 26.8 Å². The van der Waals surface area contributed by atoms with Crippen molar-refractivity contribution in [2.24, 2.45) is 4.40 Å². The molecule has 0 aromatic heterocycles. The van der Waals surface area contributed by atoms with E-state index in [1.807, 2.05) is 0 Å². The largest absolute Gasteiger partial charge is 0.343 e. The van der Waals surface area contributed by atoms with E-state index < -0.39 is 33.6 Å². The normalized spacial score (nSPS) is 21.4. The molecule has 2 aromatic carbocycles. The van der Waals surface area contributed by atoms with E-state index in [1.54, 1.807) is 28.0 Å². The molecule has 5 rings (SSSR count). The van der Waals surface area contributed by atoms with Crippen molar-refractivity contribution in [1.29, 1.82) is 0 Å². The molecular formula is C23H22F2N4O4S. The number of benzene rings is 2. The summed E-state index contributed by atoms with van der Waals surface area (Å²) in [7, 11) is -3.79. The zero-order chi connectivity index (χ0) is 24.0. The molecule has 0 spiro atoms. The summed E-state index contributed by atoms with van der Waals surface area (Å²) < 4.78 is 55.6. The van der Waals surface area contributed by atoms with Crippen molar-refractivity contribution in [3.63, 3.8) is 0 Å². The summed E-state index contributed by atoms with van der Waals surface area (Å²) in [5, 5.41) is 0. The fourth-order valence-corrected chi connectivity index (χ4v) is 5.94. The number of halogens is 2. The van der Waals surface area contributed by atoms with E-state index in [1.165, 1.54) is 17.0 Å². The number of sulfonamides is 1. The van der Waals surface area contributed by atoms with Gasteiger partial charge in [-0.25, -0.2) is 8.78 Å². The Balaban J connectivity index is 1.28. The predicted molar refractivity (Wildman–Crippen MR) is 119 cm³/mol. The van der Waals surface area contributed by atoms with Crippen molar-refractivity contribution in [1.82, 2.24) is 14.7 Å². The monoisotopic (exact) mass is 488 g/mol. The molecule has 11 heteroatoms. The maximum atomic E-state index is 13.5. The quantitative estimate of drug-likeness (QED) is 0.644. The van der Waals surface area contributed by atoms with E-state index >= 15 is 0 Å². The number of fused-ring (bicyclic) bond motifs is 1. The number of likely N-dealkylation sites (tertiary alicyclic amines) is 1. The van der Waals surface area contributed by atoms with E-state index in [9.17, 15) is 26.8 Å². The number of piperazine rings is 1. The maximum absolute atomic E-state index is 13.5. The lowest BCUT2D eigenvalue weighted by Gasteiger charge is -2.37. The average molecular weight is 489 g/mol. The summed E-state index contributed by atoms with van der Waals surface area (Å²) in [5.41, 5.74) is 0.559. The minimum absolute atomic E-state index is 0.0553. The van der Waals surface area contributed by atoms with Crippen LogP contribution in [0, 0.1) is 11.6 Å². The molecule has 2 amide bonds. The van der Waals surface area contributed by atoms with Crippen molar-refractivity contribution in [3.05, 3.63) is 65.2 Å². The lowest BCUT2D eigenvalue weighted by Crippen LogP contribution is -2.55. The van der Waals surface area contributed by atoms with Gasteiger partial charge >= 0.3 is 0 Å². The van der Waals surface area contributed by atoms with Crippen molar-refractivity contribution in [2.75, 3.05) is 32.7 Å². The van der Waals surface area contributed by atoms with Gasteiger partial charge in [-0.1, -0.05) is 12.1 Å². The molecule has 178 valence electrons. The molecule has 3 heterocycles. The standard InChI is InChI=1S/C23H22F2N4O4S/c24-17-8-7-15(14-18(17)25)22(30)27-10-12-28(13-11-27)23(31)19-5-3-9-29(19)21-16-4-1-2-6-20(16)34(32,33)26-21/h1-2,4,6-8,14,19H,3,5,9-13H2/t19-/m0/s1. The first-order chi connectivity index (χ1) is 16.3. The van der Waals surface area contributed by atoms with Crippen molar-refractivity contribution >= 4 is 27.7 Å². The number of amidine groups is 1. The Morgan fingerprint density at radius 2 is 1.62 bits per heavy atom. The van der Waals surface area contributed by atoms with Crippen LogP contribution in [0.5, 0.6) is 0 Å². The number of carbonyl (C=O) groups is 2. The summed E-state index contributed by atoms with van der Waals surface area (Å²) in [6, 6.07) is 9.09. The molecule has 2 aromatic rings. The van der Waals surface area contributed by atoms with Gasteiger partial charge in [0.25, 0.3) is 15.9 Å². The molecule has 0 radical (unpaired) electrons. The minimum Gasteiger partial charge on any atom is -0.343 e. The molecule has 0 N–H and O–H groups in total. The molecule has 34 heavy (non-hydrogen) atoms. The molecule has 0 saturated carbocycles. The van der Waals surface area contributed by atoms with Gasteiger partial charge in [-0.15, -0.1) is 4.40 Å². The third-order valence-electron chi connectivity index (χ3n) is 6.47. The van der Waals surface area contributed by atoms with Gasteiger partial charge in [0.2, 0.25) is 5.91 Å². The molecule has 3 aliphatic rings. The van der Waals surface area contributed by atoms with E-state index in [-0.39, 0.29) is 29.5 Å². The van der Waals surface area contributed by atoms with E-state index in [0.717, 1.165) is 18.6 Å². The Morgan fingerprint density at radius 1 is 0.912 bits per heavy atom. The summed E-state index contributed by atoms with van der Waals surface area (Å²) in [4.78, 5) is 31.1. The molecule has 0 bridgehead atoms. The van der Waals surface area contributed by atoms with Crippen LogP contribution in [0.2, 0.25) is 0 Å². The number of hydrogen-bond acceptors (Lipinski definition) is 5. The second-order valence-corrected chi connectivity index (χ2v) is 10.1. The van der Waals surface area contributed by atoms with Gasteiger partial charge < -0.3 is 14.7 Å². The van der Waals surface area contributed by atoms with Crippen LogP contribution in [0.3, 0.4) is 0 Å². The summed E-state index contributed by atoms with van der Waals surface area (Å²) in [5.74, 6) is -2.36. The van der Waals surface area contributed by atoms with Crippen LogP contribution in [-0.4, -0.2) is 79.5 Å². The Labute approximate surface area is 195 Å². The van der Waals surface area contributed by atoms with Crippen molar-refractivity contribution in [2.45, 2.75) is 23.8 Å². The van der Waals surface area contributed by atoms with E-state index in [0.29, 0.717) is 37.5 Å². The topological polar surface area (TPSA) is 90.4 Å². The van der Waals surface area contributed by atoms with Gasteiger partial charge in [-0.3, -0.25) is 9.59 Å². The molecule has 1 atom stereocenters. The van der Waals surface area contributed by atoms with Gasteiger partial charge in [0.15, 0.2) is 17.5 Å². The molecular weight excluding hydrogens is 466 g/mol. The highest BCUT2D eigenvalue weighted by molar-refractivity contribution is 7.90. The predicted octanol–water partition coefficient (Wildman–Crippen LogP) is 1.86. The highest BCUT2D eigenvalue weighted by Gasteiger charge is 2.41. The Kier molecular flexibility index (Phi) is 5.59. The molecule has 2 saturated heterocycles. The van der Waals surface area contributed by atoms with Crippen LogP contribution in [0.15, 0.2) is 51.8 Å². The van der Waals surface area contributed by atoms with E-state index in [4.69, 9.17) is 0 Å².